The van der Waals surface area contributed by atoms with E-state index in [2.05, 4.69) is 20.8 Å². The Hall–Kier alpha value is -2.90. The Bertz CT molecular complexity index is 1390. The molecular formula is C25H28ClF2N5O4S. The molecule has 2 aromatic carbocycles. The van der Waals surface area contributed by atoms with E-state index in [0.29, 0.717) is 55.1 Å². The predicted molar refractivity (Wildman–Crippen MR) is 139 cm³/mol. The molecule has 0 unspecified atom stereocenters. The highest BCUT2D eigenvalue weighted by molar-refractivity contribution is 7.89. The van der Waals surface area contributed by atoms with Crippen molar-refractivity contribution in [2.24, 2.45) is 0 Å². The quantitative estimate of drug-likeness (QED) is 0.403. The van der Waals surface area contributed by atoms with Crippen molar-refractivity contribution in [3.8, 4) is 0 Å². The molecule has 0 radical (unpaired) electrons. The van der Waals surface area contributed by atoms with Crippen molar-refractivity contribution >= 4 is 34.2 Å². The molecule has 2 aliphatic heterocycles. The fraction of sp³-hybridized carbons (Fsp3) is 0.360. The van der Waals surface area contributed by atoms with E-state index < -0.39 is 26.6 Å². The molecule has 3 aromatic rings. The third kappa shape index (κ3) is 6.05. The maximum atomic E-state index is 13.7. The second-order valence-corrected chi connectivity index (χ2v) is 11.0. The first-order valence-electron chi connectivity index (χ1n) is 12.0. The molecular weight excluding hydrogens is 540 g/mol. The number of hydrogen-bond donors (Lipinski definition) is 3. The van der Waals surface area contributed by atoms with Crippen LogP contribution in [0, 0.1) is 11.6 Å². The number of anilines is 1. The smallest absolute Gasteiger partial charge is 0.257 e. The molecule has 38 heavy (non-hydrogen) atoms. The number of halogens is 3. The topological polar surface area (TPSA) is 116 Å². The average molecular weight is 568 g/mol. The summed E-state index contributed by atoms with van der Waals surface area (Å²) >= 11 is 0. The van der Waals surface area contributed by atoms with Gasteiger partial charge in [-0.15, -0.1) is 12.4 Å². The minimum absolute atomic E-state index is 0. The maximum absolute atomic E-state index is 13.7. The number of carbonyl (C=O) groups excluding carboxylic acids is 1. The number of hydrogen-bond acceptors (Lipinski definition) is 6. The van der Waals surface area contributed by atoms with Crippen molar-refractivity contribution in [1.82, 2.24) is 19.8 Å². The van der Waals surface area contributed by atoms with Gasteiger partial charge in [0, 0.05) is 68.2 Å². The molecule has 1 aromatic heterocycles. The van der Waals surface area contributed by atoms with Crippen molar-refractivity contribution in [2.75, 3.05) is 25.1 Å². The lowest BCUT2D eigenvalue weighted by Gasteiger charge is -2.26. The molecule has 5 rings (SSSR count). The number of nitrogens with zero attached hydrogens (tertiary/aromatic N) is 2. The van der Waals surface area contributed by atoms with Crippen molar-refractivity contribution in [1.29, 1.82) is 0 Å². The molecule has 1 saturated heterocycles. The van der Waals surface area contributed by atoms with Crippen LogP contribution in [0.3, 0.4) is 0 Å². The zero-order valence-electron chi connectivity index (χ0n) is 20.4. The van der Waals surface area contributed by atoms with Crippen LogP contribution in [0.5, 0.6) is 0 Å². The molecule has 13 heteroatoms. The number of fused-ring (bicyclic) bond motifs is 1. The molecule has 1 fully saturated rings. The van der Waals surface area contributed by atoms with Gasteiger partial charge in [-0.05, 0) is 36.6 Å². The van der Waals surface area contributed by atoms with Crippen molar-refractivity contribution in [2.45, 2.75) is 43.3 Å². The fourth-order valence-corrected chi connectivity index (χ4v) is 6.08. The van der Waals surface area contributed by atoms with Gasteiger partial charge in [0.1, 0.15) is 11.6 Å². The zero-order chi connectivity index (χ0) is 26.0. The third-order valence-corrected chi connectivity index (χ3v) is 8.49. The van der Waals surface area contributed by atoms with Gasteiger partial charge in [0.25, 0.3) is 5.91 Å². The summed E-state index contributed by atoms with van der Waals surface area (Å²) in [5, 5.41) is 13.4. The number of H-pyrrole nitrogens is 1. The molecule has 0 spiro atoms. The summed E-state index contributed by atoms with van der Waals surface area (Å²) in [6, 6.07) is 9.77. The first-order chi connectivity index (χ1) is 17.8. The summed E-state index contributed by atoms with van der Waals surface area (Å²) in [6.45, 7) is 1.94. The Morgan fingerprint density at radius 2 is 1.84 bits per heavy atom. The van der Waals surface area contributed by atoms with Gasteiger partial charge < -0.3 is 15.4 Å². The Morgan fingerprint density at radius 1 is 1.13 bits per heavy atom. The Labute approximate surface area is 225 Å². The number of sulfonamides is 1. The minimum Gasteiger partial charge on any atom is -0.381 e. The first kappa shape index (κ1) is 28.1. The summed E-state index contributed by atoms with van der Waals surface area (Å²) in [6.07, 6.45) is 2.13. The van der Waals surface area contributed by atoms with E-state index in [0.717, 1.165) is 34.8 Å². The number of amides is 1. The van der Waals surface area contributed by atoms with Gasteiger partial charge in [0.2, 0.25) is 10.0 Å². The lowest BCUT2D eigenvalue weighted by atomic mass is 10.0. The monoisotopic (exact) mass is 567 g/mol. The second-order valence-electron chi connectivity index (χ2n) is 9.10. The number of aromatic nitrogens is 2. The molecule has 0 aliphatic carbocycles. The largest absolute Gasteiger partial charge is 0.381 e. The average Bonchev–Trinajstić information content (AvgIpc) is 3.29. The Kier molecular flexibility index (Phi) is 8.78. The Morgan fingerprint density at radius 3 is 2.58 bits per heavy atom. The van der Waals surface area contributed by atoms with E-state index >= 15 is 0 Å². The maximum Gasteiger partial charge on any atom is 0.257 e. The number of nitrogens with one attached hydrogen (secondary N) is 3. The van der Waals surface area contributed by atoms with Crippen LogP contribution in [-0.4, -0.2) is 54.6 Å². The first-order valence-corrected chi connectivity index (χ1v) is 13.5. The summed E-state index contributed by atoms with van der Waals surface area (Å²) in [7, 11) is -4.17. The highest BCUT2D eigenvalue weighted by Crippen LogP contribution is 2.29. The summed E-state index contributed by atoms with van der Waals surface area (Å²) in [5.41, 5.74) is 2.52. The fourth-order valence-electron chi connectivity index (χ4n) is 4.63. The number of ether oxygens (including phenoxy) is 1. The van der Waals surface area contributed by atoms with Crippen LogP contribution >= 0.6 is 12.4 Å². The van der Waals surface area contributed by atoms with Crippen LogP contribution < -0.4 is 10.6 Å². The standard InChI is InChI=1S/C25H27F2N5O4S.ClH/c26-17-11-18(27)13-20(12-17)37(34,35)32-8-5-23-22(15-32)24(31-30-23)29-25(33)21-4-2-1-3-16(21)14-28-19-6-9-36-10-7-19;/h1-4,11-13,19,28H,5-10,14-15H2,(H2,29,30,31,33);1H. The lowest BCUT2D eigenvalue weighted by Crippen LogP contribution is -2.36. The molecule has 204 valence electrons. The van der Waals surface area contributed by atoms with Crippen LogP contribution in [0.25, 0.3) is 0 Å². The van der Waals surface area contributed by atoms with E-state index in [-0.39, 0.29) is 37.2 Å². The van der Waals surface area contributed by atoms with Gasteiger partial charge in [0.15, 0.2) is 5.82 Å². The number of benzene rings is 2. The third-order valence-electron chi connectivity index (χ3n) is 6.67. The molecule has 0 saturated carbocycles. The Balaban J connectivity index is 0.00000336. The van der Waals surface area contributed by atoms with Gasteiger partial charge >= 0.3 is 0 Å². The SMILES string of the molecule is Cl.O=C(Nc1n[nH]c2c1CN(S(=O)(=O)c1cc(F)cc(F)c1)CC2)c1ccccc1CNC1CCOCC1. The van der Waals surface area contributed by atoms with Crippen molar-refractivity contribution in [3.05, 3.63) is 76.5 Å². The van der Waals surface area contributed by atoms with Gasteiger partial charge in [-0.2, -0.15) is 9.40 Å². The molecule has 0 bridgehead atoms. The lowest BCUT2D eigenvalue weighted by molar-refractivity contribution is 0.0775. The zero-order valence-corrected chi connectivity index (χ0v) is 22.0. The van der Waals surface area contributed by atoms with Gasteiger partial charge in [-0.1, -0.05) is 18.2 Å². The van der Waals surface area contributed by atoms with Crippen molar-refractivity contribution < 1.29 is 26.7 Å². The van der Waals surface area contributed by atoms with Crippen LogP contribution in [0.2, 0.25) is 0 Å². The minimum atomic E-state index is -4.17. The number of aromatic amines is 1. The van der Waals surface area contributed by atoms with E-state index in [9.17, 15) is 22.0 Å². The van der Waals surface area contributed by atoms with Gasteiger partial charge in [0.05, 0.1) is 4.90 Å². The van der Waals surface area contributed by atoms with E-state index in [1.807, 2.05) is 12.1 Å². The highest BCUT2D eigenvalue weighted by Gasteiger charge is 2.32. The summed E-state index contributed by atoms with van der Waals surface area (Å²) in [4.78, 5) is 12.8. The van der Waals surface area contributed by atoms with Crippen LogP contribution in [0.1, 0.15) is 40.0 Å². The molecule has 2 aliphatic rings. The number of rotatable bonds is 7. The van der Waals surface area contributed by atoms with Crippen LogP contribution in [0.4, 0.5) is 14.6 Å². The van der Waals surface area contributed by atoms with Crippen LogP contribution in [0.15, 0.2) is 47.4 Å². The van der Waals surface area contributed by atoms with Gasteiger partial charge in [-0.3, -0.25) is 9.89 Å². The molecule has 3 N–H and O–H groups in total. The van der Waals surface area contributed by atoms with Crippen LogP contribution in [-0.2, 0) is 34.3 Å². The number of carbonyl (C=O) groups is 1. The summed E-state index contributed by atoms with van der Waals surface area (Å²) in [5.74, 6) is -2.10. The molecule has 3 heterocycles. The molecule has 0 atom stereocenters. The van der Waals surface area contributed by atoms with Gasteiger partial charge in [-0.25, -0.2) is 17.2 Å². The van der Waals surface area contributed by atoms with E-state index in [1.54, 1.807) is 12.1 Å². The second kappa shape index (κ2) is 11.9. The van der Waals surface area contributed by atoms with Crippen molar-refractivity contribution in [3.63, 3.8) is 0 Å². The van der Waals surface area contributed by atoms with E-state index in [4.69, 9.17) is 4.74 Å². The molecule has 1 amide bonds. The normalized spacial score (nSPS) is 16.5. The highest BCUT2D eigenvalue weighted by atomic mass is 35.5. The van der Waals surface area contributed by atoms with E-state index in [1.165, 1.54) is 0 Å². The molecule has 9 nitrogen and oxygen atoms in total. The predicted octanol–water partition coefficient (Wildman–Crippen LogP) is 3.38. The summed E-state index contributed by atoms with van der Waals surface area (Å²) < 4.78 is 60.1.